The zero-order chi connectivity index (χ0) is 12.3. The van der Waals surface area contributed by atoms with E-state index >= 15 is 0 Å². The van der Waals surface area contributed by atoms with Gasteiger partial charge < -0.3 is 4.74 Å². The molecule has 1 unspecified atom stereocenters. The highest BCUT2D eigenvalue weighted by atomic mass is 32.2. The molecule has 4 nitrogen and oxygen atoms in total. The number of methoxy groups -OCH3 is 1. The molecule has 0 aromatic heterocycles. The molecule has 1 aromatic rings. The van der Waals surface area contributed by atoms with Crippen molar-refractivity contribution in [2.45, 2.75) is 24.0 Å². The van der Waals surface area contributed by atoms with Crippen LogP contribution < -0.4 is 0 Å². The first-order chi connectivity index (χ1) is 7.39. The van der Waals surface area contributed by atoms with Crippen molar-refractivity contribution in [3.63, 3.8) is 0 Å². The first-order valence-electron chi connectivity index (χ1n) is 4.78. The van der Waals surface area contributed by atoms with Gasteiger partial charge in [0, 0.05) is 0 Å². The number of ether oxygens (including phenoxy) is 1. The second kappa shape index (κ2) is 4.65. The molecule has 0 spiro atoms. The van der Waals surface area contributed by atoms with E-state index in [1.807, 2.05) is 0 Å². The first kappa shape index (κ1) is 12.7. The van der Waals surface area contributed by atoms with Gasteiger partial charge in [0.1, 0.15) is 0 Å². The van der Waals surface area contributed by atoms with Crippen molar-refractivity contribution in [1.29, 1.82) is 0 Å². The average molecular weight is 242 g/mol. The number of sulfone groups is 1. The van der Waals surface area contributed by atoms with Gasteiger partial charge in [0.2, 0.25) is 0 Å². The molecule has 0 N–H and O–H groups in total. The molecule has 0 heterocycles. The SMILES string of the molecule is COC(=O)C(C)S(=O)(=O)c1cccc(C)c1. The summed E-state index contributed by atoms with van der Waals surface area (Å²) in [6.45, 7) is 3.12. The summed E-state index contributed by atoms with van der Waals surface area (Å²) in [4.78, 5) is 11.4. The molecule has 88 valence electrons. The van der Waals surface area contributed by atoms with E-state index in [-0.39, 0.29) is 4.90 Å². The van der Waals surface area contributed by atoms with Gasteiger partial charge in [0.05, 0.1) is 12.0 Å². The molecule has 0 aliphatic heterocycles. The van der Waals surface area contributed by atoms with Crippen LogP contribution in [-0.2, 0) is 19.4 Å². The van der Waals surface area contributed by atoms with Crippen LogP contribution in [0.4, 0.5) is 0 Å². The van der Waals surface area contributed by atoms with Gasteiger partial charge >= 0.3 is 5.97 Å². The van der Waals surface area contributed by atoms with Crippen LogP contribution in [0, 0.1) is 6.92 Å². The fourth-order valence-electron chi connectivity index (χ4n) is 1.29. The van der Waals surface area contributed by atoms with Crippen LogP contribution in [0.5, 0.6) is 0 Å². The summed E-state index contributed by atoms with van der Waals surface area (Å²) in [5.41, 5.74) is 0.832. The van der Waals surface area contributed by atoms with Crippen molar-refractivity contribution in [3.8, 4) is 0 Å². The number of hydrogen-bond acceptors (Lipinski definition) is 4. The largest absolute Gasteiger partial charge is 0.468 e. The van der Waals surface area contributed by atoms with E-state index in [9.17, 15) is 13.2 Å². The monoisotopic (exact) mass is 242 g/mol. The third-order valence-electron chi connectivity index (χ3n) is 2.32. The minimum Gasteiger partial charge on any atom is -0.468 e. The Labute approximate surface area is 95.2 Å². The number of carbonyl (C=O) groups excluding carboxylic acids is 1. The van der Waals surface area contributed by atoms with Crippen LogP contribution in [0.3, 0.4) is 0 Å². The van der Waals surface area contributed by atoms with Gasteiger partial charge in [-0.15, -0.1) is 0 Å². The third kappa shape index (κ3) is 2.41. The third-order valence-corrected chi connectivity index (χ3v) is 4.35. The molecule has 0 fully saturated rings. The maximum Gasteiger partial charge on any atom is 0.324 e. The standard InChI is InChI=1S/C11H14O4S/c1-8-5-4-6-10(7-8)16(13,14)9(2)11(12)15-3/h4-7,9H,1-3H3. The van der Waals surface area contributed by atoms with E-state index in [1.54, 1.807) is 19.1 Å². The number of hydrogen-bond donors (Lipinski definition) is 0. The van der Waals surface area contributed by atoms with Gasteiger partial charge in [-0.2, -0.15) is 0 Å². The molecule has 0 bridgehead atoms. The first-order valence-corrected chi connectivity index (χ1v) is 6.32. The Morgan fingerprint density at radius 1 is 1.38 bits per heavy atom. The summed E-state index contributed by atoms with van der Waals surface area (Å²) in [6.07, 6.45) is 0. The van der Waals surface area contributed by atoms with E-state index in [0.717, 1.165) is 5.56 Å². The van der Waals surface area contributed by atoms with Crippen LogP contribution in [0.2, 0.25) is 0 Å². The molecule has 5 heteroatoms. The topological polar surface area (TPSA) is 60.4 Å². The van der Waals surface area contributed by atoms with Crippen molar-refractivity contribution in [1.82, 2.24) is 0 Å². The number of benzene rings is 1. The van der Waals surface area contributed by atoms with E-state index in [2.05, 4.69) is 4.74 Å². The molecule has 1 rings (SSSR count). The molecule has 0 saturated carbocycles. The predicted molar refractivity (Wildman–Crippen MR) is 59.8 cm³/mol. The van der Waals surface area contributed by atoms with Crippen molar-refractivity contribution in [2.24, 2.45) is 0 Å². The van der Waals surface area contributed by atoms with Gasteiger partial charge in [0.25, 0.3) is 0 Å². The summed E-state index contributed by atoms with van der Waals surface area (Å²) in [5, 5.41) is -1.18. The second-order valence-electron chi connectivity index (χ2n) is 3.53. The van der Waals surface area contributed by atoms with Crippen LogP contribution in [0.15, 0.2) is 29.2 Å². The lowest BCUT2D eigenvalue weighted by atomic mass is 10.2. The Kier molecular flexibility index (Phi) is 3.70. The van der Waals surface area contributed by atoms with E-state index < -0.39 is 21.1 Å². The zero-order valence-electron chi connectivity index (χ0n) is 9.43. The molecule has 1 atom stereocenters. The smallest absolute Gasteiger partial charge is 0.324 e. The summed E-state index contributed by atoms with van der Waals surface area (Å²) < 4.78 is 28.4. The molecule has 16 heavy (non-hydrogen) atoms. The van der Waals surface area contributed by atoms with E-state index in [0.29, 0.717) is 0 Å². The molecule has 0 aliphatic rings. The fourth-order valence-corrected chi connectivity index (χ4v) is 2.67. The van der Waals surface area contributed by atoms with Gasteiger partial charge in [-0.1, -0.05) is 12.1 Å². The van der Waals surface area contributed by atoms with Crippen molar-refractivity contribution >= 4 is 15.8 Å². The minimum atomic E-state index is -3.65. The maximum absolute atomic E-state index is 12.0. The van der Waals surface area contributed by atoms with Crippen molar-refractivity contribution < 1.29 is 17.9 Å². The molecule has 0 radical (unpaired) electrons. The van der Waals surface area contributed by atoms with E-state index in [4.69, 9.17) is 0 Å². The highest BCUT2D eigenvalue weighted by Crippen LogP contribution is 2.17. The highest BCUT2D eigenvalue weighted by molar-refractivity contribution is 7.92. The lowest BCUT2D eigenvalue weighted by Gasteiger charge is -2.11. The highest BCUT2D eigenvalue weighted by Gasteiger charge is 2.30. The van der Waals surface area contributed by atoms with E-state index in [1.165, 1.54) is 26.2 Å². The average Bonchev–Trinajstić information content (AvgIpc) is 2.27. The number of carbonyl (C=O) groups is 1. The quantitative estimate of drug-likeness (QED) is 0.750. The Morgan fingerprint density at radius 3 is 2.50 bits per heavy atom. The maximum atomic E-state index is 12.0. The number of esters is 1. The number of aryl methyl sites for hydroxylation is 1. The van der Waals surface area contributed by atoms with Gasteiger partial charge in [0.15, 0.2) is 15.1 Å². The van der Waals surface area contributed by atoms with Crippen LogP contribution in [0.1, 0.15) is 12.5 Å². The Hall–Kier alpha value is -1.36. The minimum absolute atomic E-state index is 0.144. The lowest BCUT2D eigenvalue weighted by Crippen LogP contribution is -2.28. The Balaban J connectivity index is 3.17. The predicted octanol–water partition coefficient (Wildman–Crippen LogP) is 1.33. The zero-order valence-corrected chi connectivity index (χ0v) is 10.2. The van der Waals surface area contributed by atoms with Crippen molar-refractivity contribution in [3.05, 3.63) is 29.8 Å². The fraction of sp³-hybridized carbons (Fsp3) is 0.364. The normalized spacial score (nSPS) is 13.2. The molecule has 0 saturated heterocycles. The molecule has 1 aromatic carbocycles. The van der Waals surface area contributed by atoms with Crippen LogP contribution in [-0.4, -0.2) is 26.7 Å². The molecular formula is C11H14O4S. The summed E-state index contributed by atoms with van der Waals surface area (Å²) >= 11 is 0. The Bertz CT molecular complexity index is 490. The molecule has 0 amide bonds. The van der Waals surface area contributed by atoms with Crippen LogP contribution in [0.25, 0.3) is 0 Å². The summed E-state index contributed by atoms with van der Waals surface area (Å²) in [6, 6.07) is 6.45. The van der Waals surface area contributed by atoms with Gasteiger partial charge in [-0.05, 0) is 31.5 Å². The summed E-state index contributed by atoms with van der Waals surface area (Å²) in [5.74, 6) is -0.749. The number of rotatable bonds is 3. The lowest BCUT2D eigenvalue weighted by molar-refractivity contribution is -0.139. The van der Waals surface area contributed by atoms with Crippen LogP contribution >= 0.6 is 0 Å². The van der Waals surface area contributed by atoms with Gasteiger partial charge in [-0.3, -0.25) is 4.79 Å². The summed E-state index contributed by atoms with van der Waals surface area (Å²) in [7, 11) is -2.48. The second-order valence-corrected chi connectivity index (χ2v) is 5.80. The molecular weight excluding hydrogens is 228 g/mol. The van der Waals surface area contributed by atoms with Crippen molar-refractivity contribution in [2.75, 3.05) is 7.11 Å². The molecule has 0 aliphatic carbocycles. The Morgan fingerprint density at radius 2 is 2.00 bits per heavy atom. The van der Waals surface area contributed by atoms with Gasteiger partial charge in [-0.25, -0.2) is 8.42 Å².